The quantitative estimate of drug-likeness (QED) is 0.863. The lowest BCUT2D eigenvalue weighted by atomic mass is 9.96. The van der Waals surface area contributed by atoms with Crippen molar-refractivity contribution in [3.8, 4) is 0 Å². The summed E-state index contributed by atoms with van der Waals surface area (Å²) < 4.78 is 0. The number of hydrogen-bond donors (Lipinski definition) is 1. The second-order valence-electron chi connectivity index (χ2n) is 6.37. The van der Waals surface area contributed by atoms with Crippen LogP contribution in [0.1, 0.15) is 52.4 Å². The summed E-state index contributed by atoms with van der Waals surface area (Å²) in [4.78, 5) is 14.9. The maximum Gasteiger partial charge on any atom is 0.227 e. The van der Waals surface area contributed by atoms with Gasteiger partial charge in [-0.15, -0.1) is 12.4 Å². The minimum atomic E-state index is 0. The molecule has 1 aliphatic heterocycles. The van der Waals surface area contributed by atoms with E-state index in [2.05, 4.69) is 24.1 Å². The van der Waals surface area contributed by atoms with E-state index in [9.17, 15) is 4.79 Å². The van der Waals surface area contributed by atoms with Crippen LogP contribution in [0.25, 0.3) is 0 Å². The van der Waals surface area contributed by atoms with Crippen LogP contribution in [-0.2, 0) is 4.79 Å². The van der Waals surface area contributed by atoms with E-state index in [0.717, 1.165) is 32.5 Å². The van der Waals surface area contributed by atoms with Gasteiger partial charge in [0.2, 0.25) is 5.91 Å². The van der Waals surface area contributed by atoms with Gasteiger partial charge in [0.15, 0.2) is 0 Å². The predicted molar refractivity (Wildman–Crippen MR) is 81.6 cm³/mol. The Kier molecular flexibility index (Phi) is 7.16. The average Bonchev–Trinajstić information content (AvgIpc) is 2.89. The SMILES string of the molecule is CC(C)CN(C(=O)C1CCCNC1)C1CCCC1.Cl. The molecule has 0 bridgehead atoms. The molecule has 19 heavy (non-hydrogen) atoms. The summed E-state index contributed by atoms with van der Waals surface area (Å²) in [5, 5.41) is 3.37. The zero-order chi connectivity index (χ0) is 13.0. The minimum absolute atomic E-state index is 0. The standard InChI is InChI=1S/C15H28N2O.ClH/c1-12(2)11-17(14-7-3-4-8-14)15(18)13-6-5-9-16-10-13;/h12-14,16H,3-11H2,1-2H3;1H. The summed E-state index contributed by atoms with van der Waals surface area (Å²) in [7, 11) is 0. The Balaban J connectivity index is 0.00000180. The lowest BCUT2D eigenvalue weighted by Crippen LogP contribution is -2.48. The molecule has 1 heterocycles. The van der Waals surface area contributed by atoms with Gasteiger partial charge in [-0.3, -0.25) is 4.79 Å². The fourth-order valence-corrected chi connectivity index (χ4v) is 3.33. The van der Waals surface area contributed by atoms with Crippen LogP contribution in [0.15, 0.2) is 0 Å². The smallest absolute Gasteiger partial charge is 0.227 e. The van der Waals surface area contributed by atoms with Gasteiger partial charge < -0.3 is 10.2 Å². The predicted octanol–water partition coefficient (Wildman–Crippen LogP) is 2.84. The third-order valence-electron chi connectivity index (χ3n) is 4.26. The third-order valence-corrected chi connectivity index (χ3v) is 4.26. The van der Waals surface area contributed by atoms with Gasteiger partial charge in [0.25, 0.3) is 0 Å². The topological polar surface area (TPSA) is 32.3 Å². The van der Waals surface area contributed by atoms with Gasteiger partial charge in [-0.1, -0.05) is 26.7 Å². The van der Waals surface area contributed by atoms with Crippen LogP contribution >= 0.6 is 12.4 Å². The van der Waals surface area contributed by atoms with Gasteiger partial charge in [0.05, 0.1) is 5.92 Å². The number of carbonyl (C=O) groups excluding carboxylic acids is 1. The van der Waals surface area contributed by atoms with E-state index < -0.39 is 0 Å². The van der Waals surface area contributed by atoms with Crippen molar-refractivity contribution in [2.24, 2.45) is 11.8 Å². The Hall–Kier alpha value is -0.280. The summed E-state index contributed by atoms with van der Waals surface area (Å²) in [5.41, 5.74) is 0. The number of nitrogens with zero attached hydrogens (tertiary/aromatic N) is 1. The molecule has 1 N–H and O–H groups in total. The first-order chi connectivity index (χ1) is 8.68. The first-order valence-corrected chi connectivity index (χ1v) is 7.69. The van der Waals surface area contributed by atoms with Crippen LogP contribution < -0.4 is 5.32 Å². The maximum atomic E-state index is 12.7. The van der Waals surface area contributed by atoms with Crippen molar-refractivity contribution in [2.75, 3.05) is 19.6 Å². The van der Waals surface area contributed by atoms with E-state index in [4.69, 9.17) is 0 Å². The number of nitrogens with one attached hydrogen (secondary N) is 1. The Morgan fingerprint density at radius 1 is 1.21 bits per heavy atom. The van der Waals surface area contributed by atoms with E-state index in [1.54, 1.807) is 0 Å². The Morgan fingerprint density at radius 3 is 2.42 bits per heavy atom. The summed E-state index contributed by atoms with van der Waals surface area (Å²) in [5.74, 6) is 1.23. The Bertz CT molecular complexity index is 271. The molecule has 1 atom stereocenters. The first-order valence-electron chi connectivity index (χ1n) is 7.69. The zero-order valence-electron chi connectivity index (χ0n) is 12.4. The van der Waals surface area contributed by atoms with E-state index in [-0.39, 0.29) is 18.3 Å². The molecule has 1 unspecified atom stereocenters. The third kappa shape index (κ3) is 4.64. The van der Waals surface area contributed by atoms with Gasteiger partial charge in [-0.25, -0.2) is 0 Å². The van der Waals surface area contributed by atoms with Crippen molar-refractivity contribution in [2.45, 2.75) is 58.4 Å². The Labute approximate surface area is 123 Å². The van der Waals surface area contributed by atoms with Crippen LogP contribution in [0.5, 0.6) is 0 Å². The van der Waals surface area contributed by atoms with Crippen LogP contribution in [0.2, 0.25) is 0 Å². The van der Waals surface area contributed by atoms with Crippen LogP contribution in [0.4, 0.5) is 0 Å². The van der Waals surface area contributed by atoms with Crippen molar-refractivity contribution in [3.63, 3.8) is 0 Å². The zero-order valence-corrected chi connectivity index (χ0v) is 13.2. The lowest BCUT2D eigenvalue weighted by molar-refractivity contribution is -0.139. The molecular weight excluding hydrogens is 260 g/mol. The van der Waals surface area contributed by atoms with Gasteiger partial charge in [-0.05, 0) is 38.1 Å². The number of amides is 1. The van der Waals surface area contributed by atoms with Gasteiger partial charge in [0.1, 0.15) is 0 Å². The minimum Gasteiger partial charge on any atom is -0.339 e. The fourth-order valence-electron chi connectivity index (χ4n) is 3.33. The monoisotopic (exact) mass is 288 g/mol. The summed E-state index contributed by atoms with van der Waals surface area (Å²) in [6.07, 6.45) is 7.27. The molecule has 1 aliphatic carbocycles. The van der Waals surface area contributed by atoms with Crippen LogP contribution in [0.3, 0.4) is 0 Å². The van der Waals surface area contributed by atoms with Crippen molar-refractivity contribution < 1.29 is 4.79 Å². The number of hydrogen-bond acceptors (Lipinski definition) is 2. The van der Waals surface area contributed by atoms with E-state index >= 15 is 0 Å². The number of piperidine rings is 1. The molecule has 1 saturated heterocycles. The molecule has 2 rings (SSSR count). The highest BCUT2D eigenvalue weighted by Gasteiger charge is 2.32. The summed E-state index contributed by atoms with van der Waals surface area (Å²) >= 11 is 0. The first kappa shape index (κ1) is 16.8. The van der Waals surface area contributed by atoms with Crippen LogP contribution in [0, 0.1) is 11.8 Å². The molecule has 0 aromatic heterocycles. The molecule has 3 nitrogen and oxygen atoms in total. The van der Waals surface area contributed by atoms with Crippen molar-refractivity contribution in [1.82, 2.24) is 10.2 Å². The largest absolute Gasteiger partial charge is 0.339 e. The van der Waals surface area contributed by atoms with Crippen molar-refractivity contribution in [3.05, 3.63) is 0 Å². The molecule has 1 amide bonds. The molecule has 0 radical (unpaired) electrons. The molecule has 0 aromatic carbocycles. The number of rotatable bonds is 4. The van der Waals surface area contributed by atoms with E-state index in [1.165, 1.54) is 25.7 Å². The highest BCUT2D eigenvalue weighted by molar-refractivity contribution is 5.85. The normalized spacial score (nSPS) is 24.3. The molecular formula is C15H29ClN2O. The van der Waals surface area contributed by atoms with Gasteiger partial charge >= 0.3 is 0 Å². The fraction of sp³-hybridized carbons (Fsp3) is 0.933. The molecule has 0 aromatic rings. The van der Waals surface area contributed by atoms with Crippen molar-refractivity contribution in [1.29, 1.82) is 0 Å². The van der Waals surface area contributed by atoms with Crippen molar-refractivity contribution >= 4 is 18.3 Å². The second-order valence-corrected chi connectivity index (χ2v) is 6.37. The highest BCUT2D eigenvalue weighted by Crippen LogP contribution is 2.26. The molecule has 4 heteroatoms. The number of carbonyl (C=O) groups is 1. The Morgan fingerprint density at radius 2 is 1.89 bits per heavy atom. The number of halogens is 1. The van der Waals surface area contributed by atoms with Gasteiger partial charge in [0, 0.05) is 19.1 Å². The maximum absolute atomic E-state index is 12.7. The van der Waals surface area contributed by atoms with Gasteiger partial charge in [-0.2, -0.15) is 0 Å². The molecule has 112 valence electrons. The van der Waals surface area contributed by atoms with E-state index in [0.29, 0.717) is 17.9 Å². The molecule has 1 saturated carbocycles. The van der Waals surface area contributed by atoms with Crippen LogP contribution in [-0.4, -0.2) is 36.5 Å². The molecule has 0 spiro atoms. The molecule has 2 aliphatic rings. The molecule has 2 fully saturated rings. The summed E-state index contributed by atoms with van der Waals surface area (Å²) in [6.45, 7) is 7.35. The second kappa shape index (κ2) is 8.11. The lowest BCUT2D eigenvalue weighted by Gasteiger charge is -2.35. The highest BCUT2D eigenvalue weighted by atomic mass is 35.5. The van der Waals surface area contributed by atoms with E-state index in [1.807, 2.05) is 0 Å². The average molecular weight is 289 g/mol. The summed E-state index contributed by atoms with van der Waals surface area (Å²) in [6, 6.07) is 0.529.